The molecule has 0 radical (unpaired) electrons. The first kappa shape index (κ1) is 15.2. The van der Waals surface area contributed by atoms with E-state index in [1.54, 1.807) is 13.3 Å². The molecule has 0 bridgehead atoms. The van der Waals surface area contributed by atoms with Crippen LogP contribution < -0.4 is 4.74 Å². The Bertz CT molecular complexity index is 710. The second kappa shape index (κ2) is 6.27. The average Bonchev–Trinajstić information content (AvgIpc) is 3.53. The normalized spacial score (nSPS) is 22.0. The van der Waals surface area contributed by atoms with Crippen molar-refractivity contribution in [1.82, 2.24) is 9.88 Å². The lowest BCUT2D eigenvalue weighted by atomic mass is 10.1. The van der Waals surface area contributed by atoms with Crippen LogP contribution in [0.25, 0.3) is 0 Å². The van der Waals surface area contributed by atoms with Crippen LogP contribution in [0.3, 0.4) is 0 Å². The molecule has 0 aliphatic heterocycles. The van der Waals surface area contributed by atoms with E-state index in [2.05, 4.69) is 22.0 Å². The number of methoxy groups -OCH3 is 1. The van der Waals surface area contributed by atoms with E-state index < -0.39 is 0 Å². The molecule has 0 saturated heterocycles. The van der Waals surface area contributed by atoms with Crippen molar-refractivity contribution >= 4 is 5.91 Å². The smallest absolute Gasteiger partial charge is 0.226 e. The van der Waals surface area contributed by atoms with Crippen molar-refractivity contribution in [2.45, 2.75) is 37.8 Å². The first-order valence-electron chi connectivity index (χ1n) is 8.59. The van der Waals surface area contributed by atoms with Gasteiger partial charge < -0.3 is 9.64 Å². The van der Waals surface area contributed by atoms with Crippen LogP contribution in [0.15, 0.2) is 48.8 Å². The molecule has 24 heavy (non-hydrogen) atoms. The number of hydrogen-bond donors (Lipinski definition) is 0. The molecule has 2 aliphatic carbocycles. The van der Waals surface area contributed by atoms with Gasteiger partial charge in [0.05, 0.1) is 7.11 Å². The Balaban J connectivity index is 1.44. The molecule has 2 fully saturated rings. The van der Waals surface area contributed by atoms with Gasteiger partial charge in [-0.25, -0.2) is 0 Å². The van der Waals surface area contributed by atoms with Crippen molar-refractivity contribution in [2.24, 2.45) is 5.92 Å². The molecule has 0 spiro atoms. The molecule has 0 N–H and O–H groups in total. The summed E-state index contributed by atoms with van der Waals surface area (Å²) < 4.78 is 5.21. The van der Waals surface area contributed by atoms with Crippen LogP contribution in [0.2, 0.25) is 0 Å². The van der Waals surface area contributed by atoms with Crippen molar-refractivity contribution in [3.63, 3.8) is 0 Å². The lowest BCUT2D eigenvalue weighted by molar-refractivity contribution is -0.133. The summed E-state index contributed by atoms with van der Waals surface area (Å²) >= 11 is 0. The van der Waals surface area contributed by atoms with Gasteiger partial charge in [-0.1, -0.05) is 18.2 Å². The fraction of sp³-hybridized carbons (Fsp3) is 0.400. The molecule has 2 aliphatic rings. The van der Waals surface area contributed by atoms with Gasteiger partial charge in [0.1, 0.15) is 5.75 Å². The summed E-state index contributed by atoms with van der Waals surface area (Å²) in [5, 5.41) is 0. The molecular weight excluding hydrogens is 300 g/mol. The van der Waals surface area contributed by atoms with Crippen molar-refractivity contribution in [2.75, 3.05) is 7.11 Å². The molecule has 4 heteroatoms. The largest absolute Gasteiger partial charge is 0.497 e. The first-order chi connectivity index (χ1) is 11.8. The van der Waals surface area contributed by atoms with Gasteiger partial charge in [-0.05, 0) is 54.5 Å². The second-order valence-corrected chi connectivity index (χ2v) is 6.78. The number of pyridine rings is 1. The highest BCUT2D eigenvalue weighted by Gasteiger charge is 2.48. The third-order valence-corrected chi connectivity index (χ3v) is 5.00. The van der Waals surface area contributed by atoms with Crippen LogP contribution in [0.4, 0.5) is 0 Å². The number of hydrogen-bond acceptors (Lipinski definition) is 3. The predicted octanol–water partition coefficient (Wildman–Crippen LogP) is 3.38. The Morgan fingerprint density at radius 1 is 1.25 bits per heavy atom. The molecule has 2 aromatic rings. The topological polar surface area (TPSA) is 42.4 Å². The van der Waals surface area contributed by atoms with Gasteiger partial charge in [0, 0.05) is 30.9 Å². The Hall–Kier alpha value is -2.36. The number of carbonyl (C=O) groups is 1. The summed E-state index contributed by atoms with van der Waals surface area (Å²) in [5.74, 6) is 1.66. The minimum atomic E-state index is 0.135. The van der Waals surface area contributed by atoms with E-state index in [1.165, 1.54) is 5.56 Å². The highest BCUT2D eigenvalue weighted by molar-refractivity contribution is 5.83. The maximum Gasteiger partial charge on any atom is 0.226 e. The van der Waals surface area contributed by atoms with Crippen molar-refractivity contribution in [1.29, 1.82) is 0 Å². The van der Waals surface area contributed by atoms with Crippen molar-refractivity contribution in [3.8, 4) is 5.75 Å². The van der Waals surface area contributed by atoms with E-state index in [0.717, 1.165) is 30.6 Å². The van der Waals surface area contributed by atoms with Gasteiger partial charge in [0.25, 0.3) is 0 Å². The zero-order valence-corrected chi connectivity index (χ0v) is 13.9. The summed E-state index contributed by atoms with van der Waals surface area (Å²) in [7, 11) is 1.67. The zero-order valence-electron chi connectivity index (χ0n) is 13.9. The monoisotopic (exact) mass is 322 g/mol. The number of rotatable bonds is 6. The maximum atomic E-state index is 13.0. The quantitative estimate of drug-likeness (QED) is 0.819. The Kier molecular flexibility index (Phi) is 3.97. The first-order valence-corrected chi connectivity index (χ1v) is 8.59. The summed E-state index contributed by atoms with van der Waals surface area (Å²) in [4.78, 5) is 19.2. The van der Waals surface area contributed by atoms with Crippen LogP contribution in [0.5, 0.6) is 5.75 Å². The number of nitrogens with zero attached hydrogens (tertiary/aromatic N) is 2. The molecule has 1 amide bonds. The molecule has 124 valence electrons. The second-order valence-electron chi connectivity index (χ2n) is 6.78. The molecule has 1 aromatic carbocycles. The lowest BCUT2D eigenvalue weighted by Gasteiger charge is -2.22. The molecular formula is C20H22N2O2. The maximum absolute atomic E-state index is 13.0. The minimum absolute atomic E-state index is 0.135. The summed E-state index contributed by atoms with van der Waals surface area (Å²) in [6, 6.07) is 12.5. The Morgan fingerprint density at radius 3 is 2.67 bits per heavy atom. The molecule has 1 aromatic heterocycles. The van der Waals surface area contributed by atoms with E-state index in [1.807, 2.05) is 30.5 Å². The van der Waals surface area contributed by atoms with Crippen LogP contribution in [0, 0.1) is 5.92 Å². The molecule has 4 nitrogen and oxygen atoms in total. The number of benzene rings is 1. The minimum Gasteiger partial charge on any atom is -0.497 e. The van der Waals surface area contributed by atoms with Crippen LogP contribution in [0.1, 0.15) is 36.3 Å². The highest BCUT2D eigenvalue weighted by atomic mass is 16.5. The molecule has 4 rings (SSSR count). The van der Waals surface area contributed by atoms with E-state index >= 15 is 0 Å². The predicted molar refractivity (Wildman–Crippen MR) is 91.7 cm³/mol. The van der Waals surface area contributed by atoms with Crippen molar-refractivity contribution < 1.29 is 9.53 Å². The molecule has 2 atom stereocenters. The third kappa shape index (κ3) is 3.14. The standard InChI is InChI=1S/C20H22N2O2/c1-24-17-8-4-15(5-9-17)18-11-19(18)20(23)22(16-6-7-16)13-14-3-2-10-21-12-14/h2-5,8-10,12,16,18-19H,6-7,11,13H2,1H3/t18-,19+/m0/s1. The summed E-state index contributed by atoms with van der Waals surface area (Å²) in [6.45, 7) is 0.684. The summed E-state index contributed by atoms with van der Waals surface area (Å²) in [5.41, 5.74) is 2.35. The van der Waals surface area contributed by atoms with Gasteiger partial charge in [-0.3, -0.25) is 9.78 Å². The Labute approximate surface area is 142 Å². The van der Waals surface area contributed by atoms with Gasteiger partial charge in [0.2, 0.25) is 5.91 Å². The van der Waals surface area contributed by atoms with Crippen LogP contribution >= 0.6 is 0 Å². The third-order valence-electron chi connectivity index (χ3n) is 5.00. The van der Waals surface area contributed by atoms with Crippen molar-refractivity contribution in [3.05, 3.63) is 59.9 Å². The molecule has 1 heterocycles. The van der Waals surface area contributed by atoms with E-state index in [4.69, 9.17) is 4.74 Å². The number of aromatic nitrogens is 1. The van der Waals surface area contributed by atoms with E-state index in [0.29, 0.717) is 24.4 Å². The van der Waals surface area contributed by atoms with Gasteiger partial charge in [-0.2, -0.15) is 0 Å². The van der Waals surface area contributed by atoms with E-state index in [9.17, 15) is 4.79 Å². The SMILES string of the molecule is COc1ccc([C@@H]2C[C@H]2C(=O)N(Cc2cccnc2)C2CC2)cc1. The van der Waals surface area contributed by atoms with Gasteiger partial charge in [-0.15, -0.1) is 0 Å². The number of amides is 1. The fourth-order valence-corrected chi connectivity index (χ4v) is 3.36. The Morgan fingerprint density at radius 2 is 2.04 bits per heavy atom. The van der Waals surface area contributed by atoms with Crippen LogP contribution in [-0.2, 0) is 11.3 Å². The van der Waals surface area contributed by atoms with Crippen LogP contribution in [-0.4, -0.2) is 28.9 Å². The molecule has 0 unspecified atom stereocenters. The molecule has 2 saturated carbocycles. The zero-order chi connectivity index (χ0) is 16.5. The fourth-order valence-electron chi connectivity index (χ4n) is 3.36. The van der Waals surface area contributed by atoms with Gasteiger partial charge >= 0.3 is 0 Å². The lowest BCUT2D eigenvalue weighted by Crippen LogP contribution is -2.34. The highest BCUT2D eigenvalue weighted by Crippen LogP contribution is 2.49. The number of ether oxygens (including phenoxy) is 1. The van der Waals surface area contributed by atoms with E-state index in [-0.39, 0.29) is 5.92 Å². The average molecular weight is 322 g/mol. The number of carbonyl (C=O) groups excluding carboxylic acids is 1. The van der Waals surface area contributed by atoms with Gasteiger partial charge in [0.15, 0.2) is 0 Å². The summed E-state index contributed by atoms with van der Waals surface area (Å²) in [6.07, 6.45) is 6.85.